The topological polar surface area (TPSA) is 61.7 Å². The molecule has 0 spiro atoms. The zero-order valence-electron chi connectivity index (χ0n) is 11.8. The van der Waals surface area contributed by atoms with Gasteiger partial charge < -0.3 is 5.11 Å². The Hall–Kier alpha value is -1.06. The highest BCUT2D eigenvalue weighted by Gasteiger charge is 2.34. The van der Waals surface area contributed by atoms with Crippen LogP contribution in [0.2, 0.25) is 0 Å². The third-order valence-corrected chi connectivity index (χ3v) is 3.71. The average molecular weight is 254 g/mol. The summed E-state index contributed by atoms with van der Waals surface area (Å²) in [5, 5.41) is 13.7. The van der Waals surface area contributed by atoms with Crippen molar-refractivity contribution in [2.45, 2.75) is 71.8 Å². The minimum Gasteiger partial charge on any atom is -0.480 e. The lowest BCUT2D eigenvalue weighted by Gasteiger charge is -2.31. The van der Waals surface area contributed by atoms with Crippen LogP contribution in [0.5, 0.6) is 0 Å². The number of nitrogens with one attached hydrogen (secondary N) is 1. The molecule has 1 aliphatic rings. The molecule has 1 rings (SSSR count). The Morgan fingerprint density at radius 1 is 1.39 bits per heavy atom. The molecule has 4 heteroatoms. The molecule has 1 unspecified atom stereocenters. The second-order valence-corrected chi connectivity index (χ2v) is 5.88. The Labute approximate surface area is 110 Å². The molecule has 1 aliphatic carbocycles. The van der Waals surface area contributed by atoms with Gasteiger partial charge in [0.2, 0.25) is 0 Å². The van der Waals surface area contributed by atoms with Crippen molar-refractivity contribution in [3.05, 3.63) is 0 Å². The van der Waals surface area contributed by atoms with E-state index in [0.717, 1.165) is 31.4 Å². The van der Waals surface area contributed by atoms with Crippen molar-refractivity contribution in [2.24, 2.45) is 10.5 Å². The molecule has 104 valence electrons. The van der Waals surface area contributed by atoms with E-state index in [1.165, 1.54) is 19.3 Å². The predicted molar refractivity (Wildman–Crippen MR) is 73.8 cm³/mol. The third-order valence-electron chi connectivity index (χ3n) is 3.71. The van der Waals surface area contributed by atoms with Crippen LogP contribution in [0, 0.1) is 5.41 Å². The number of carboxylic acid groups (broad SMARTS) is 1. The molecular formula is C14H26N2O2. The Bertz CT molecular complexity index is 303. The van der Waals surface area contributed by atoms with E-state index in [1.54, 1.807) is 0 Å². The van der Waals surface area contributed by atoms with Gasteiger partial charge in [0.05, 0.1) is 0 Å². The van der Waals surface area contributed by atoms with Crippen molar-refractivity contribution in [3.63, 3.8) is 0 Å². The summed E-state index contributed by atoms with van der Waals surface area (Å²) in [6.07, 6.45) is 7.49. The van der Waals surface area contributed by atoms with Crippen LogP contribution in [-0.2, 0) is 4.79 Å². The lowest BCUT2D eigenvalue weighted by Crippen LogP contribution is -2.46. The zero-order chi connectivity index (χ0) is 13.6. The van der Waals surface area contributed by atoms with Gasteiger partial charge in [-0.25, -0.2) is 4.79 Å². The Kier molecular flexibility index (Phi) is 5.63. The minimum atomic E-state index is -0.811. The molecule has 0 heterocycles. The minimum absolute atomic E-state index is 0.278. The van der Waals surface area contributed by atoms with Crippen LogP contribution in [0.1, 0.15) is 65.7 Å². The molecule has 2 N–H and O–H groups in total. The first-order chi connectivity index (χ1) is 8.47. The lowest BCUT2D eigenvalue weighted by atomic mass is 9.80. The number of hydrazone groups is 1. The molecule has 1 fully saturated rings. The number of carbonyl (C=O) groups is 1. The predicted octanol–water partition coefficient (Wildman–Crippen LogP) is 3.18. The van der Waals surface area contributed by atoms with E-state index in [-0.39, 0.29) is 5.41 Å². The van der Waals surface area contributed by atoms with Crippen LogP contribution in [0.3, 0.4) is 0 Å². The summed E-state index contributed by atoms with van der Waals surface area (Å²) >= 11 is 0. The van der Waals surface area contributed by atoms with Gasteiger partial charge in [0, 0.05) is 5.71 Å². The molecule has 0 aromatic carbocycles. The highest BCUT2D eigenvalue weighted by molar-refractivity contribution is 5.85. The van der Waals surface area contributed by atoms with E-state index >= 15 is 0 Å². The van der Waals surface area contributed by atoms with Gasteiger partial charge in [-0.3, -0.25) is 5.43 Å². The largest absolute Gasteiger partial charge is 0.480 e. The van der Waals surface area contributed by atoms with Gasteiger partial charge in [0.25, 0.3) is 0 Å². The maximum atomic E-state index is 11.4. The van der Waals surface area contributed by atoms with Gasteiger partial charge in [0.1, 0.15) is 6.04 Å². The molecule has 0 aromatic rings. The number of nitrogens with zero attached hydrogens (tertiary/aromatic N) is 1. The van der Waals surface area contributed by atoms with Crippen LogP contribution < -0.4 is 5.43 Å². The van der Waals surface area contributed by atoms with Crippen molar-refractivity contribution in [1.82, 2.24) is 5.43 Å². The van der Waals surface area contributed by atoms with Crippen molar-refractivity contribution in [3.8, 4) is 0 Å². The molecule has 0 aromatic heterocycles. The quantitative estimate of drug-likeness (QED) is 0.716. The van der Waals surface area contributed by atoms with Gasteiger partial charge >= 0.3 is 5.97 Å². The summed E-state index contributed by atoms with van der Waals surface area (Å²) in [4.78, 5) is 11.4. The van der Waals surface area contributed by atoms with E-state index in [9.17, 15) is 9.90 Å². The molecular weight excluding hydrogens is 228 g/mol. The van der Waals surface area contributed by atoms with E-state index in [0.29, 0.717) is 0 Å². The van der Waals surface area contributed by atoms with E-state index < -0.39 is 12.0 Å². The first-order valence-electron chi connectivity index (χ1n) is 7.01. The highest BCUT2D eigenvalue weighted by atomic mass is 16.4. The van der Waals surface area contributed by atoms with Crippen LogP contribution in [0.4, 0.5) is 0 Å². The summed E-state index contributed by atoms with van der Waals surface area (Å²) in [6.45, 7) is 6.06. The van der Waals surface area contributed by atoms with Gasteiger partial charge in [0.15, 0.2) is 0 Å². The molecule has 1 atom stereocenters. The Morgan fingerprint density at radius 3 is 2.50 bits per heavy atom. The standard InChI is InChI=1S/C14H26N2O2/c1-4-10-14(2,3)12(13(17)18)16-15-11-8-6-5-7-9-11/h12,16H,4-10H2,1-3H3,(H,17,18). The van der Waals surface area contributed by atoms with Crippen LogP contribution >= 0.6 is 0 Å². The van der Waals surface area contributed by atoms with Crippen LogP contribution in [0.15, 0.2) is 5.10 Å². The fourth-order valence-corrected chi connectivity index (χ4v) is 2.58. The van der Waals surface area contributed by atoms with E-state index in [4.69, 9.17) is 0 Å². The molecule has 1 saturated carbocycles. The number of hydrogen-bond acceptors (Lipinski definition) is 3. The SMILES string of the molecule is CCCC(C)(C)C(NN=C1CCCCC1)C(=O)O. The second-order valence-electron chi connectivity index (χ2n) is 5.88. The molecule has 4 nitrogen and oxygen atoms in total. The van der Waals surface area contributed by atoms with Crippen LogP contribution in [0.25, 0.3) is 0 Å². The first kappa shape index (κ1) is 15.0. The second kappa shape index (κ2) is 6.76. The van der Waals surface area contributed by atoms with Crippen molar-refractivity contribution < 1.29 is 9.90 Å². The van der Waals surface area contributed by atoms with Crippen molar-refractivity contribution in [2.75, 3.05) is 0 Å². The Morgan fingerprint density at radius 2 is 2.00 bits per heavy atom. The first-order valence-corrected chi connectivity index (χ1v) is 7.01. The normalized spacial score (nSPS) is 18.3. The van der Waals surface area contributed by atoms with E-state index in [1.807, 2.05) is 13.8 Å². The van der Waals surface area contributed by atoms with Gasteiger partial charge in [-0.1, -0.05) is 33.6 Å². The fraction of sp³-hybridized carbons (Fsp3) is 0.857. The number of carboxylic acids is 1. The monoisotopic (exact) mass is 254 g/mol. The lowest BCUT2D eigenvalue weighted by molar-refractivity contribution is -0.142. The maximum absolute atomic E-state index is 11.4. The Balaban J connectivity index is 2.65. The van der Waals surface area contributed by atoms with Crippen molar-refractivity contribution in [1.29, 1.82) is 0 Å². The highest BCUT2D eigenvalue weighted by Crippen LogP contribution is 2.27. The summed E-state index contributed by atoms with van der Waals surface area (Å²) in [6, 6.07) is -0.605. The molecule has 18 heavy (non-hydrogen) atoms. The summed E-state index contributed by atoms with van der Waals surface area (Å²) < 4.78 is 0. The van der Waals surface area contributed by atoms with E-state index in [2.05, 4.69) is 17.5 Å². The smallest absolute Gasteiger partial charge is 0.328 e. The molecule has 0 amide bonds. The van der Waals surface area contributed by atoms with Crippen LogP contribution in [-0.4, -0.2) is 22.8 Å². The van der Waals surface area contributed by atoms with Gasteiger partial charge in [-0.15, -0.1) is 0 Å². The average Bonchev–Trinajstić information content (AvgIpc) is 2.29. The molecule has 0 saturated heterocycles. The number of hydrogen-bond donors (Lipinski definition) is 2. The molecule has 0 bridgehead atoms. The molecule has 0 radical (unpaired) electrons. The molecule has 0 aliphatic heterocycles. The third kappa shape index (κ3) is 4.31. The van der Waals surface area contributed by atoms with Gasteiger partial charge in [-0.05, 0) is 37.5 Å². The summed E-state index contributed by atoms with van der Waals surface area (Å²) in [5.41, 5.74) is 3.75. The number of rotatable bonds is 6. The summed E-state index contributed by atoms with van der Waals surface area (Å²) in [7, 11) is 0. The number of aliphatic carboxylic acids is 1. The van der Waals surface area contributed by atoms with Crippen molar-refractivity contribution >= 4 is 11.7 Å². The summed E-state index contributed by atoms with van der Waals surface area (Å²) in [5.74, 6) is -0.811. The maximum Gasteiger partial charge on any atom is 0.328 e. The fourth-order valence-electron chi connectivity index (χ4n) is 2.58. The van der Waals surface area contributed by atoms with Gasteiger partial charge in [-0.2, -0.15) is 5.10 Å². The zero-order valence-corrected chi connectivity index (χ0v) is 11.8.